The fourth-order valence-corrected chi connectivity index (χ4v) is 3.27. The summed E-state index contributed by atoms with van der Waals surface area (Å²) in [6, 6.07) is 10.5. The molecule has 0 fully saturated rings. The Labute approximate surface area is 101 Å². The Bertz CT molecular complexity index is 343. The Hall–Kier alpha value is -1.08. The highest BCUT2D eigenvalue weighted by atomic mass is 28.3. The second kappa shape index (κ2) is 5.85. The molecule has 1 atom stereocenters. The standard InChI is InChI=1S/C15H22Si/c1-5-15(16(2,3)4)13-9-12-14-10-7-6-8-11-14/h5-12,15H,1,13H2,2-4H3/b12-9+/t15-/m1/s1. The zero-order valence-electron chi connectivity index (χ0n) is 10.6. The molecular formula is C15H22Si. The molecule has 0 nitrogen and oxygen atoms in total. The number of benzene rings is 1. The van der Waals surface area contributed by atoms with E-state index in [1.54, 1.807) is 0 Å². The van der Waals surface area contributed by atoms with Gasteiger partial charge in [0.1, 0.15) is 0 Å². The minimum absolute atomic E-state index is 0.674. The highest BCUT2D eigenvalue weighted by Crippen LogP contribution is 2.27. The van der Waals surface area contributed by atoms with Crippen molar-refractivity contribution in [2.24, 2.45) is 0 Å². The molecule has 0 spiro atoms. The van der Waals surface area contributed by atoms with Crippen molar-refractivity contribution in [2.75, 3.05) is 0 Å². The van der Waals surface area contributed by atoms with Gasteiger partial charge in [-0.15, -0.1) is 6.58 Å². The van der Waals surface area contributed by atoms with Crippen molar-refractivity contribution in [1.82, 2.24) is 0 Å². The third-order valence-corrected chi connectivity index (χ3v) is 5.59. The zero-order chi connectivity index (χ0) is 12.0. The number of hydrogen-bond acceptors (Lipinski definition) is 0. The largest absolute Gasteiger partial charge is 0.103 e. The molecule has 0 aliphatic rings. The third kappa shape index (κ3) is 4.19. The minimum Gasteiger partial charge on any atom is -0.103 e. The van der Waals surface area contributed by atoms with Crippen LogP contribution in [0.3, 0.4) is 0 Å². The first kappa shape index (κ1) is 13.0. The molecule has 0 heterocycles. The van der Waals surface area contributed by atoms with Crippen molar-refractivity contribution in [3.8, 4) is 0 Å². The maximum atomic E-state index is 3.95. The molecule has 0 aromatic heterocycles. The number of rotatable bonds is 5. The summed E-state index contributed by atoms with van der Waals surface area (Å²) in [5.74, 6) is 0. The van der Waals surface area contributed by atoms with E-state index in [1.807, 2.05) is 6.07 Å². The van der Waals surface area contributed by atoms with Crippen LogP contribution in [0.5, 0.6) is 0 Å². The van der Waals surface area contributed by atoms with Gasteiger partial charge in [-0.2, -0.15) is 0 Å². The van der Waals surface area contributed by atoms with Crippen LogP contribution in [-0.4, -0.2) is 8.07 Å². The Morgan fingerprint density at radius 3 is 2.31 bits per heavy atom. The van der Waals surface area contributed by atoms with E-state index in [2.05, 4.69) is 68.7 Å². The second-order valence-corrected chi connectivity index (χ2v) is 10.7. The van der Waals surface area contributed by atoms with E-state index in [1.165, 1.54) is 5.56 Å². The fourth-order valence-electron chi connectivity index (χ4n) is 1.72. The molecule has 86 valence electrons. The molecule has 0 amide bonds. The van der Waals surface area contributed by atoms with Crippen LogP contribution in [0.1, 0.15) is 12.0 Å². The summed E-state index contributed by atoms with van der Waals surface area (Å²) < 4.78 is 0. The molecular weight excluding hydrogens is 208 g/mol. The molecule has 0 saturated heterocycles. The predicted molar refractivity (Wildman–Crippen MR) is 77.4 cm³/mol. The topological polar surface area (TPSA) is 0 Å². The quantitative estimate of drug-likeness (QED) is 0.494. The van der Waals surface area contributed by atoms with Crippen LogP contribution in [0.25, 0.3) is 6.08 Å². The average Bonchev–Trinajstić information content (AvgIpc) is 2.24. The van der Waals surface area contributed by atoms with Crippen LogP contribution in [0, 0.1) is 0 Å². The van der Waals surface area contributed by atoms with Crippen molar-refractivity contribution < 1.29 is 0 Å². The molecule has 1 aromatic rings. The Kier molecular flexibility index (Phi) is 4.75. The minimum atomic E-state index is -1.09. The summed E-state index contributed by atoms with van der Waals surface area (Å²) in [7, 11) is -1.09. The van der Waals surface area contributed by atoms with Crippen molar-refractivity contribution >= 4 is 14.1 Å². The van der Waals surface area contributed by atoms with E-state index in [9.17, 15) is 0 Å². The lowest BCUT2D eigenvalue weighted by Crippen LogP contribution is -2.26. The molecule has 1 rings (SSSR count). The maximum absolute atomic E-state index is 3.95. The van der Waals surface area contributed by atoms with Crippen LogP contribution in [0.2, 0.25) is 25.2 Å². The van der Waals surface area contributed by atoms with E-state index >= 15 is 0 Å². The molecule has 1 heteroatoms. The highest BCUT2D eigenvalue weighted by Gasteiger charge is 2.22. The smallest absolute Gasteiger partial charge is 0.0517 e. The molecule has 0 bridgehead atoms. The van der Waals surface area contributed by atoms with Crippen LogP contribution < -0.4 is 0 Å². The number of allylic oxidation sites excluding steroid dienone is 2. The van der Waals surface area contributed by atoms with Gasteiger partial charge in [-0.1, -0.05) is 68.2 Å². The van der Waals surface area contributed by atoms with Crippen LogP contribution in [0.15, 0.2) is 49.1 Å². The van der Waals surface area contributed by atoms with Gasteiger partial charge in [0.05, 0.1) is 8.07 Å². The van der Waals surface area contributed by atoms with E-state index in [0.29, 0.717) is 5.54 Å². The van der Waals surface area contributed by atoms with Gasteiger partial charge >= 0.3 is 0 Å². The van der Waals surface area contributed by atoms with Gasteiger partial charge in [0.2, 0.25) is 0 Å². The molecule has 0 N–H and O–H groups in total. The third-order valence-electron chi connectivity index (χ3n) is 2.90. The van der Waals surface area contributed by atoms with Gasteiger partial charge in [-0.3, -0.25) is 0 Å². The molecule has 0 saturated carbocycles. The second-order valence-electron chi connectivity index (χ2n) is 5.26. The van der Waals surface area contributed by atoms with Crippen LogP contribution >= 0.6 is 0 Å². The highest BCUT2D eigenvalue weighted by molar-refractivity contribution is 6.78. The van der Waals surface area contributed by atoms with Gasteiger partial charge in [-0.05, 0) is 17.5 Å². The van der Waals surface area contributed by atoms with Crippen molar-refractivity contribution in [3.63, 3.8) is 0 Å². The molecule has 0 radical (unpaired) electrons. The van der Waals surface area contributed by atoms with Gasteiger partial charge in [0.25, 0.3) is 0 Å². The monoisotopic (exact) mass is 230 g/mol. The average molecular weight is 230 g/mol. The van der Waals surface area contributed by atoms with Crippen LogP contribution in [-0.2, 0) is 0 Å². The normalized spacial score (nSPS) is 13.9. The van der Waals surface area contributed by atoms with Crippen molar-refractivity contribution in [2.45, 2.75) is 31.6 Å². The van der Waals surface area contributed by atoms with E-state index in [-0.39, 0.29) is 0 Å². The Morgan fingerprint density at radius 2 is 1.81 bits per heavy atom. The fraction of sp³-hybridized carbons (Fsp3) is 0.333. The molecule has 0 unspecified atom stereocenters. The van der Waals surface area contributed by atoms with Gasteiger partial charge in [0.15, 0.2) is 0 Å². The molecule has 0 aliphatic carbocycles. The summed E-state index contributed by atoms with van der Waals surface area (Å²) in [6.45, 7) is 11.1. The van der Waals surface area contributed by atoms with Gasteiger partial charge in [0, 0.05) is 0 Å². The zero-order valence-corrected chi connectivity index (χ0v) is 11.6. The predicted octanol–water partition coefficient (Wildman–Crippen LogP) is 4.98. The summed E-state index contributed by atoms with van der Waals surface area (Å²) in [6.07, 6.45) is 7.73. The summed E-state index contributed by atoms with van der Waals surface area (Å²) in [5, 5.41) is 0. The first-order valence-electron chi connectivity index (χ1n) is 5.88. The first-order chi connectivity index (χ1) is 7.54. The maximum Gasteiger partial charge on any atom is 0.0517 e. The van der Waals surface area contributed by atoms with Gasteiger partial charge < -0.3 is 0 Å². The van der Waals surface area contributed by atoms with E-state index < -0.39 is 8.07 Å². The van der Waals surface area contributed by atoms with Crippen molar-refractivity contribution in [3.05, 3.63) is 54.6 Å². The summed E-state index contributed by atoms with van der Waals surface area (Å²) in [4.78, 5) is 0. The SMILES string of the molecule is C=C[C@H](C/C=C/c1ccccc1)[Si](C)(C)C. The number of hydrogen-bond donors (Lipinski definition) is 0. The lowest BCUT2D eigenvalue weighted by Gasteiger charge is -2.24. The van der Waals surface area contributed by atoms with Gasteiger partial charge in [-0.25, -0.2) is 0 Å². The Balaban J connectivity index is 2.57. The molecule has 0 aliphatic heterocycles. The lowest BCUT2D eigenvalue weighted by molar-refractivity contribution is 0.999. The van der Waals surface area contributed by atoms with E-state index in [0.717, 1.165) is 6.42 Å². The molecule has 1 aromatic carbocycles. The first-order valence-corrected chi connectivity index (χ1v) is 9.46. The Morgan fingerprint density at radius 1 is 1.19 bits per heavy atom. The summed E-state index contributed by atoms with van der Waals surface area (Å²) in [5.41, 5.74) is 1.95. The summed E-state index contributed by atoms with van der Waals surface area (Å²) >= 11 is 0. The molecule has 16 heavy (non-hydrogen) atoms. The van der Waals surface area contributed by atoms with E-state index in [4.69, 9.17) is 0 Å². The van der Waals surface area contributed by atoms with Crippen LogP contribution in [0.4, 0.5) is 0 Å². The van der Waals surface area contributed by atoms with Crippen molar-refractivity contribution in [1.29, 1.82) is 0 Å². The lowest BCUT2D eigenvalue weighted by atomic mass is 10.2.